The molecule has 44 heavy (non-hydrogen) atoms. The van der Waals surface area contributed by atoms with Crippen LogP contribution in [0, 0.1) is 11.7 Å². The number of esters is 1. The van der Waals surface area contributed by atoms with Crippen molar-refractivity contribution in [3.8, 4) is 5.75 Å². The maximum absolute atomic E-state index is 13.9. The van der Waals surface area contributed by atoms with Crippen LogP contribution in [0.2, 0.25) is 0 Å². The average Bonchev–Trinajstić information content (AvgIpc) is 3.03. The minimum absolute atomic E-state index is 0.0991. The molecule has 0 aliphatic heterocycles. The summed E-state index contributed by atoms with van der Waals surface area (Å²) in [6.07, 6.45) is 0.642. The summed E-state index contributed by atoms with van der Waals surface area (Å²) in [6, 6.07) is 28.5. The molecule has 0 saturated carbocycles. The van der Waals surface area contributed by atoms with Gasteiger partial charge >= 0.3 is 5.97 Å². The van der Waals surface area contributed by atoms with E-state index in [-0.39, 0.29) is 30.8 Å². The molecule has 1 N–H and O–H groups in total. The Bertz CT molecular complexity index is 1560. The van der Waals surface area contributed by atoms with Crippen molar-refractivity contribution in [2.45, 2.75) is 32.7 Å². The lowest BCUT2D eigenvalue weighted by atomic mass is 10.00. The van der Waals surface area contributed by atoms with E-state index in [0.29, 0.717) is 41.1 Å². The van der Waals surface area contributed by atoms with Gasteiger partial charge in [0.25, 0.3) is 0 Å². The largest absolute Gasteiger partial charge is 0.492 e. The molecule has 0 aliphatic rings. The van der Waals surface area contributed by atoms with E-state index >= 15 is 0 Å². The van der Waals surface area contributed by atoms with E-state index in [1.165, 1.54) is 19.2 Å². The van der Waals surface area contributed by atoms with Gasteiger partial charge in [0, 0.05) is 35.3 Å². The molecule has 0 spiro atoms. The van der Waals surface area contributed by atoms with Crippen LogP contribution in [-0.4, -0.2) is 44.0 Å². The molecule has 4 aromatic rings. The minimum Gasteiger partial charge on any atom is -0.492 e. The molecule has 0 aromatic heterocycles. The predicted molar refractivity (Wildman–Crippen MR) is 170 cm³/mol. The normalized spacial score (nSPS) is 11.5. The summed E-state index contributed by atoms with van der Waals surface area (Å²) >= 11 is 0. The zero-order valence-electron chi connectivity index (χ0n) is 25.2. The number of carbonyl (C=O) groups is 3. The van der Waals surface area contributed by atoms with Crippen LogP contribution in [-0.2, 0) is 20.7 Å². The van der Waals surface area contributed by atoms with Crippen LogP contribution in [0.15, 0.2) is 103 Å². The van der Waals surface area contributed by atoms with Gasteiger partial charge in [0.05, 0.1) is 13.7 Å². The van der Waals surface area contributed by atoms with E-state index in [0.717, 1.165) is 5.56 Å². The molecule has 0 heterocycles. The number of ether oxygens (including phenoxy) is 2. The standard InChI is InChI=1S/C36H37FN2O5/c1-25(2)22-34(40)39(29-13-9-12-28(37)24-29)20-21-44-30-18-16-26(17-19-30)23-33(36(42)43-3)38-32-15-8-7-14-31(32)35(41)27-10-5-4-6-11-27/h4-19,24-25,33,38H,20-23H2,1-3H3/t33-/m0/s1. The number of nitrogens with one attached hydrogen (secondary N) is 1. The molecular weight excluding hydrogens is 559 g/mol. The molecule has 0 unspecified atom stereocenters. The number of nitrogens with zero attached hydrogens (tertiary/aromatic N) is 1. The van der Waals surface area contributed by atoms with E-state index in [4.69, 9.17) is 9.47 Å². The van der Waals surface area contributed by atoms with Gasteiger partial charge in [0.1, 0.15) is 24.2 Å². The number of carbonyl (C=O) groups excluding carboxylic acids is 3. The van der Waals surface area contributed by atoms with Crippen LogP contribution < -0.4 is 15.0 Å². The number of methoxy groups -OCH3 is 1. The first-order valence-corrected chi connectivity index (χ1v) is 14.6. The van der Waals surface area contributed by atoms with Crippen molar-refractivity contribution >= 4 is 29.0 Å². The summed E-state index contributed by atoms with van der Waals surface area (Å²) in [5.41, 5.74) is 2.88. The van der Waals surface area contributed by atoms with Crippen LogP contribution >= 0.6 is 0 Å². The van der Waals surface area contributed by atoms with Crippen LogP contribution in [0.25, 0.3) is 0 Å². The molecule has 1 amide bonds. The summed E-state index contributed by atoms with van der Waals surface area (Å²) in [5, 5.41) is 3.21. The van der Waals surface area contributed by atoms with E-state index in [1.54, 1.807) is 77.7 Å². The number of hydrogen-bond acceptors (Lipinski definition) is 6. The van der Waals surface area contributed by atoms with Crippen molar-refractivity contribution < 1.29 is 28.2 Å². The number of amides is 1. The van der Waals surface area contributed by atoms with Gasteiger partial charge in [-0.1, -0.05) is 74.5 Å². The Morgan fingerprint density at radius 3 is 2.25 bits per heavy atom. The van der Waals surface area contributed by atoms with Gasteiger partial charge in [-0.25, -0.2) is 9.18 Å². The lowest BCUT2D eigenvalue weighted by molar-refractivity contribution is -0.141. The zero-order valence-corrected chi connectivity index (χ0v) is 25.2. The second-order valence-electron chi connectivity index (χ2n) is 10.8. The number of rotatable bonds is 14. The van der Waals surface area contributed by atoms with Crippen LogP contribution in [0.3, 0.4) is 0 Å². The van der Waals surface area contributed by atoms with Crippen LogP contribution in [0.5, 0.6) is 5.75 Å². The van der Waals surface area contributed by atoms with Crippen LogP contribution in [0.1, 0.15) is 41.8 Å². The SMILES string of the molecule is COC(=O)[C@H](Cc1ccc(OCCN(C(=O)CC(C)C)c2cccc(F)c2)cc1)Nc1ccccc1C(=O)c1ccccc1. The minimum atomic E-state index is -0.747. The third-order valence-electron chi connectivity index (χ3n) is 6.97. The van der Waals surface area contributed by atoms with Crippen molar-refractivity contribution in [2.75, 3.05) is 30.5 Å². The third kappa shape index (κ3) is 8.77. The number of benzene rings is 4. The summed E-state index contributed by atoms with van der Waals surface area (Å²) in [5.74, 6) is -0.374. The van der Waals surface area contributed by atoms with E-state index in [1.807, 2.05) is 32.0 Å². The highest BCUT2D eigenvalue weighted by molar-refractivity contribution is 6.12. The molecule has 4 rings (SSSR count). The van der Waals surface area contributed by atoms with Gasteiger partial charge < -0.3 is 19.7 Å². The van der Waals surface area contributed by atoms with Gasteiger partial charge in [0.15, 0.2) is 5.78 Å². The Balaban J connectivity index is 1.41. The fourth-order valence-electron chi connectivity index (χ4n) is 4.79. The molecule has 8 heteroatoms. The quantitative estimate of drug-likeness (QED) is 0.129. The summed E-state index contributed by atoms with van der Waals surface area (Å²) < 4.78 is 24.9. The summed E-state index contributed by atoms with van der Waals surface area (Å²) in [7, 11) is 1.33. The maximum atomic E-state index is 13.9. The second kappa shape index (κ2) is 15.5. The Labute approximate surface area is 257 Å². The van der Waals surface area contributed by atoms with Crippen molar-refractivity contribution in [1.82, 2.24) is 0 Å². The van der Waals surface area contributed by atoms with Crippen molar-refractivity contribution in [3.05, 3.63) is 126 Å². The second-order valence-corrected chi connectivity index (χ2v) is 10.8. The number of para-hydroxylation sites is 1. The molecule has 7 nitrogen and oxygen atoms in total. The first-order valence-electron chi connectivity index (χ1n) is 14.6. The first kappa shape index (κ1) is 31.9. The van der Waals surface area contributed by atoms with Crippen molar-refractivity contribution in [2.24, 2.45) is 5.92 Å². The Hall–Kier alpha value is -4.98. The molecule has 0 radical (unpaired) electrons. The summed E-state index contributed by atoms with van der Waals surface area (Å²) in [4.78, 5) is 40.4. The molecule has 0 fully saturated rings. The highest BCUT2D eigenvalue weighted by Gasteiger charge is 2.23. The monoisotopic (exact) mass is 596 g/mol. The first-order chi connectivity index (χ1) is 21.2. The highest BCUT2D eigenvalue weighted by Crippen LogP contribution is 2.23. The van der Waals surface area contributed by atoms with E-state index in [2.05, 4.69) is 5.32 Å². The van der Waals surface area contributed by atoms with Gasteiger partial charge in [-0.2, -0.15) is 0 Å². The van der Waals surface area contributed by atoms with Gasteiger partial charge in [-0.3, -0.25) is 9.59 Å². The smallest absolute Gasteiger partial charge is 0.328 e. The van der Waals surface area contributed by atoms with Gasteiger partial charge in [0.2, 0.25) is 5.91 Å². The van der Waals surface area contributed by atoms with Crippen molar-refractivity contribution in [1.29, 1.82) is 0 Å². The maximum Gasteiger partial charge on any atom is 0.328 e. The van der Waals surface area contributed by atoms with E-state index in [9.17, 15) is 18.8 Å². The lowest BCUT2D eigenvalue weighted by Crippen LogP contribution is -2.35. The topological polar surface area (TPSA) is 84.9 Å². The third-order valence-corrected chi connectivity index (χ3v) is 6.97. The molecule has 1 atom stereocenters. The fraction of sp³-hybridized carbons (Fsp3) is 0.250. The number of hydrogen-bond donors (Lipinski definition) is 1. The van der Waals surface area contributed by atoms with Crippen LogP contribution in [0.4, 0.5) is 15.8 Å². The lowest BCUT2D eigenvalue weighted by Gasteiger charge is -2.24. The number of halogens is 1. The molecule has 0 saturated heterocycles. The average molecular weight is 597 g/mol. The van der Waals surface area contributed by atoms with Gasteiger partial charge in [-0.05, 0) is 53.9 Å². The Kier molecular flexibility index (Phi) is 11.2. The molecule has 4 aromatic carbocycles. The van der Waals surface area contributed by atoms with Crippen molar-refractivity contribution in [3.63, 3.8) is 0 Å². The molecule has 228 valence electrons. The Morgan fingerprint density at radius 2 is 1.57 bits per heavy atom. The highest BCUT2D eigenvalue weighted by atomic mass is 19.1. The fourth-order valence-corrected chi connectivity index (χ4v) is 4.79. The Morgan fingerprint density at radius 1 is 0.864 bits per heavy atom. The molecule has 0 aliphatic carbocycles. The molecular formula is C36H37FN2O5. The van der Waals surface area contributed by atoms with E-state index < -0.39 is 17.8 Å². The summed E-state index contributed by atoms with van der Waals surface area (Å²) in [6.45, 7) is 4.39. The number of ketones is 1. The predicted octanol–water partition coefficient (Wildman–Crippen LogP) is 6.71. The molecule has 0 bridgehead atoms. The zero-order chi connectivity index (χ0) is 31.5. The van der Waals surface area contributed by atoms with Gasteiger partial charge in [-0.15, -0.1) is 0 Å². The number of anilines is 2.